The Labute approximate surface area is 110 Å². The summed E-state index contributed by atoms with van der Waals surface area (Å²) in [5.74, 6) is 1.91. The summed E-state index contributed by atoms with van der Waals surface area (Å²) in [6, 6.07) is 3.01. The van der Waals surface area contributed by atoms with Gasteiger partial charge in [-0.1, -0.05) is 0 Å². The lowest BCUT2D eigenvalue weighted by atomic mass is 10.2. The van der Waals surface area contributed by atoms with Crippen LogP contribution in [0.3, 0.4) is 0 Å². The van der Waals surface area contributed by atoms with Crippen molar-refractivity contribution in [3.05, 3.63) is 23.7 Å². The van der Waals surface area contributed by atoms with Crippen LogP contribution in [0.15, 0.2) is 16.5 Å². The molecule has 1 atom stereocenters. The van der Waals surface area contributed by atoms with E-state index in [9.17, 15) is 9.59 Å². The number of hydrogen-bond donors (Lipinski definition) is 0. The van der Waals surface area contributed by atoms with Crippen molar-refractivity contribution in [2.75, 3.05) is 25.7 Å². The maximum absolute atomic E-state index is 12.2. The summed E-state index contributed by atoms with van der Waals surface area (Å²) < 4.78 is 5.32. The number of rotatable bonds is 2. The summed E-state index contributed by atoms with van der Waals surface area (Å²) >= 11 is 1.58. The first kappa shape index (κ1) is 13.0. The number of likely N-dealkylation sites (N-methyl/N-ethyl adjacent to an activating group) is 1. The highest BCUT2D eigenvalue weighted by Gasteiger charge is 2.36. The van der Waals surface area contributed by atoms with E-state index in [2.05, 4.69) is 0 Å². The molecule has 6 heteroatoms. The molecule has 2 amide bonds. The van der Waals surface area contributed by atoms with Crippen LogP contribution in [0.2, 0.25) is 0 Å². The summed E-state index contributed by atoms with van der Waals surface area (Å²) in [5.41, 5.74) is 0. The van der Waals surface area contributed by atoms with Gasteiger partial charge in [0.1, 0.15) is 11.8 Å². The van der Waals surface area contributed by atoms with Crippen LogP contribution in [0.1, 0.15) is 16.3 Å². The molecule has 98 valence electrons. The van der Waals surface area contributed by atoms with Crippen LogP contribution in [-0.2, 0) is 4.79 Å². The van der Waals surface area contributed by atoms with Crippen molar-refractivity contribution < 1.29 is 14.0 Å². The molecule has 2 rings (SSSR count). The van der Waals surface area contributed by atoms with Crippen molar-refractivity contribution >= 4 is 23.6 Å². The van der Waals surface area contributed by atoms with Crippen molar-refractivity contribution in [2.24, 2.45) is 0 Å². The molecule has 0 spiro atoms. The Bertz CT molecular complexity index is 470. The molecule has 1 aliphatic heterocycles. The maximum Gasteiger partial charge on any atom is 0.290 e. The standard InChI is InChI=1S/C12H16N2O3S/c1-8-4-5-10(17-8)12(16)14-7-18-6-9(14)11(15)13(2)3/h4-5,9H,6-7H2,1-3H3/t9-/m0/s1. The number of amides is 2. The van der Waals surface area contributed by atoms with E-state index in [4.69, 9.17) is 4.42 Å². The van der Waals surface area contributed by atoms with E-state index in [0.29, 0.717) is 23.2 Å². The first-order chi connectivity index (χ1) is 8.50. The van der Waals surface area contributed by atoms with Crippen LogP contribution in [0.4, 0.5) is 0 Å². The molecule has 0 bridgehead atoms. The minimum Gasteiger partial charge on any atom is -0.456 e. The van der Waals surface area contributed by atoms with E-state index in [0.717, 1.165) is 0 Å². The van der Waals surface area contributed by atoms with Gasteiger partial charge in [0.15, 0.2) is 5.76 Å². The van der Waals surface area contributed by atoms with Crippen LogP contribution in [-0.4, -0.2) is 53.4 Å². The number of nitrogens with zero attached hydrogens (tertiary/aromatic N) is 2. The van der Waals surface area contributed by atoms with Gasteiger partial charge in [-0.3, -0.25) is 9.59 Å². The monoisotopic (exact) mass is 268 g/mol. The van der Waals surface area contributed by atoms with E-state index in [1.165, 1.54) is 4.90 Å². The van der Waals surface area contributed by atoms with Gasteiger partial charge in [0.2, 0.25) is 5.91 Å². The Morgan fingerprint density at radius 2 is 2.17 bits per heavy atom. The number of carbonyl (C=O) groups is 2. The van der Waals surface area contributed by atoms with E-state index in [-0.39, 0.29) is 17.9 Å². The number of aryl methyl sites for hydroxylation is 1. The SMILES string of the molecule is Cc1ccc(C(=O)N2CSC[C@H]2C(=O)N(C)C)o1. The fraction of sp³-hybridized carbons (Fsp3) is 0.500. The molecular formula is C12H16N2O3S. The first-order valence-corrected chi connectivity index (χ1v) is 6.82. The van der Waals surface area contributed by atoms with Gasteiger partial charge in [0.25, 0.3) is 5.91 Å². The quantitative estimate of drug-likeness (QED) is 0.808. The van der Waals surface area contributed by atoms with Crippen molar-refractivity contribution in [1.82, 2.24) is 9.80 Å². The summed E-state index contributed by atoms with van der Waals surface area (Å²) in [6.07, 6.45) is 0. The fourth-order valence-electron chi connectivity index (χ4n) is 1.84. The minimum atomic E-state index is -0.386. The topological polar surface area (TPSA) is 53.8 Å². The fourth-order valence-corrected chi connectivity index (χ4v) is 2.98. The second-order valence-corrected chi connectivity index (χ2v) is 5.43. The Balaban J connectivity index is 2.17. The molecule has 2 heterocycles. The highest BCUT2D eigenvalue weighted by Crippen LogP contribution is 2.24. The summed E-state index contributed by atoms with van der Waals surface area (Å²) in [6.45, 7) is 1.79. The molecule has 0 aromatic carbocycles. The van der Waals surface area contributed by atoms with Gasteiger partial charge in [-0.2, -0.15) is 0 Å². The molecule has 1 fully saturated rings. The zero-order valence-electron chi connectivity index (χ0n) is 10.7. The third-order valence-corrected chi connectivity index (χ3v) is 3.83. The van der Waals surface area contributed by atoms with Gasteiger partial charge < -0.3 is 14.2 Å². The highest BCUT2D eigenvalue weighted by atomic mass is 32.2. The van der Waals surface area contributed by atoms with Gasteiger partial charge in [-0.05, 0) is 19.1 Å². The molecular weight excluding hydrogens is 252 g/mol. The zero-order valence-corrected chi connectivity index (χ0v) is 11.5. The van der Waals surface area contributed by atoms with Crippen LogP contribution in [0, 0.1) is 6.92 Å². The Hall–Kier alpha value is -1.43. The van der Waals surface area contributed by atoms with Crippen LogP contribution >= 0.6 is 11.8 Å². The largest absolute Gasteiger partial charge is 0.456 e. The van der Waals surface area contributed by atoms with Crippen LogP contribution in [0.25, 0.3) is 0 Å². The summed E-state index contributed by atoms with van der Waals surface area (Å²) in [5, 5.41) is 0. The molecule has 0 unspecified atom stereocenters. The highest BCUT2D eigenvalue weighted by molar-refractivity contribution is 7.99. The Kier molecular flexibility index (Phi) is 3.65. The molecule has 18 heavy (non-hydrogen) atoms. The van der Waals surface area contributed by atoms with E-state index < -0.39 is 0 Å². The third-order valence-electron chi connectivity index (χ3n) is 2.82. The molecule has 0 saturated carbocycles. The number of thioether (sulfide) groups is 1. The molecule has 0 aliphatic carbocycles. The summed E-state index contributed by atoms with van der Waals surface area (Å²) in [4.78, 5) is 27.3. The molecule has 0 radical (unpaired) electrons. The van der Waals surface area contributed by atoms with Gasteiger partial charge in [-0.25, -0.2) is 0 Å². The third kappa shape index (κ3) is 2.38. The van der Waals surface area contributed by atoms with E-state index in [1.807, 2.05) is 0 Å². The second-order valence-electron chi connectivity index (χ2n) is 4.43. The second kappa shape index (κ2) is 5.06. The number of hydrogen-bond acceptors (Lipinski definition) is 4. The molecule has 1 aromatic heterocycles. The predicted molar refractivity (Wildman–Crippen MR) is 69.4 cm³/mol. The lowest BCUT2D eigenvalue weighted by Crippen LogP contribution is -2.46. The Morgan fingerprint density at radius 1 is 1.44 bits per heavy atom. The van der Waals surface area contributed by atoms with Crippen molar-refractivity contribution in [2.45, 2.75) is 13.0 Å². The van der Waals surface area contributed by atoms with E-state index in [1.54, 1.807) is 49.8 Å². The lowest BCUT2D eigenvalue weighted by molar-refractivity contribution is -0.132. The molecule has 1 saturated heterocycles. The maximum atomic E-state index is 12.2. The zero-order chi connectivity index (χ0) is 13.3. The normalized spacial score (nSPS) is 19.1. The first-order valence-electron chi connectivity index (χ1n) is 5.67. The molecule has 5 nitrogen and oxygen atoms in total. The Morgan fingerprint density at radius 3 is 2.72 bits per heavy atom. The smallest absolute Gasteiger partial charge is 0.290 e. The van der Waals surface area contributed by atoms with Gasteiger partial charge in [0, 0.05) is 19.8 Å². The van der Waals surface area contributed by atoms with Crippen molar-refractivity contribution in [1.29, 1.82) is 0 Å². The minimum absolute atomic E-state index is 0.0448. The van der Waals surface area contributed by atoms with Crippen LogP contribution in [0.5, 0.6) is 0 Å². The van der Waals surface area contributed by atoms with E-state index >= 15 is 0 Å². The molecule has 1 aromatic rings. The number of carbonyl (C=O) groups excluding carboxylic acids is 2. The lowest BCUT2D eigenvalue weighted by Gasteiger charge is -2.24. The molecule has 1 aliphatic rings. The van der Waals surface area contributed by atoms with Crippen LogP contribution < -0.4 is 0 Å². The van der Waals surface area contributed by atoms with Gasteiger partial charge in [0.05, 0.1) is 5.88 Å². The van der Waals surface area contributed by atoms with Crippen molar-refractivity contribution in [3.63, 3.8) is 0 Å². The predicted octanol–water partition coefficient (Wildman–Crippen LogP) is 1.19. The van der Waals surface area contributed by atoms with Crippen molar-refractivity contribution in [3.8, 4) is 0 Å². The average molecular weight is 268 g/mol. The van der Waals surface area contributed by atoms with Gasteiger partial charge in [-0.15, -0.1) is 11.8 Å². The average Bonchev–Trinajstić information content (AvgIpc) is 2.95. The number of furan rings is 1. The summed E-state index contributed by atoms with van der Waals surface area (Å²) in [7, 11) is 3.40. The molecule has 0 N–H and O–H groups in total. The van der Waals surface area contributed by atoms with Gasteiger partial charge >= 0.3 is 0 Å².